The summed E-state index contributed by atoms with van der Waals surface area (Å²) < 4.78 is 5.05. The summed E-state index contributed by atoms with van der Waals surface area (Å²) >= 11 is 5.96. The van der Waals surface area contributed by atoms with Crippen molar-refractivity contribution in [3.63, 3.8) is 0 Å². The average molecular weight is 482 g/mol. The van der Waals surface area contributed by atoms with Crippen LogP contribution in [0.2, 0.25) is 5.02 Å². The summed E-state index contributed by atoms with van der Waals surface area (Å²) in [4.78, 5) is 47.5. The van der Waals surface area contributed by atoms with Crippen LogP contribution in [-0.2, 0) is 14.3 Å². The molecule has 174 valence electrons. The van der Waals surface area contributed by atoms with Gasteiger partial charge in [-0.2, -0.15) is 0 Å². The summed E-state index contributed by atoms with van der Waals surface area (Å²) in [7, 11) is 0. The molecule has 2 amide bonds. The third-order valence-electron chi connectivity index (χ3n) is 4.71. The van der Waals surface area contributed by atoms with Crippen molar-refractivity contribution in [1.29, 1.82) is 0 Å². The Kier molecular flexibility index (Phi) is 8.31. The minimum Gasteiger partial charge on any atom is -0.455 e. The molecule has 0 aliphatic heterocycles. The molecule has 0 fully saturated rings. The van der Waals surface area contributed by atoms with Gasteiger partial charge in [0.15, 0.2) is 6.61 Å². The van der Waals surface area contributed by atoms with Gasteiger partial charge in [-0.1, -0.05) is 60.1 Å². The molecule has 1 atom stereocenters. The summed E-state index contributed by atoms with van der Waals surface area (Å²) in [5.41, 5.74) is 0.896. The van der Waals surface area contributed by atoms with Gasteiger partial charge in [-0.15, -0.1) is 0 Å². The summed E-state index contributed by atoms with van der Waals surface area (Å²) in [6.07, 6.45) is -0.215. The molecule has 0 saturated heterocycles. The lowest BCUT2D eigenvalue weighted by Gasteiger charge is -2.19. The Hall–Kier alpha value is -4.24. The fraction of sp³-hybridized carbons (Fsp3) is 0.125. The van der Waals surface area contributed by atoms with Crippen LogP contribution < -0.4 is 10.6 Å². The molecule has 0 radical (unpaired) electrons. The number of carbonyl (C=O) groups is 3. The van der Waals surface area contributed by atoms with Crippen LogP contribution in [0, 0.1) is 10.1 Å². The lowest BCUT2D eigenvalue weighted by atomic mass is 10.0. The van der Waals surface area contributed by atoms with Crippen LogP contribution in [0.15, 0.2) is 78.9 Å². The number of amides is 2. The zero-order valence-corrected chi connectivity index (χ0v) is 18.5. The van der Waals surface area contributed by atoms with E-state index in [9.17, 15) is 24.5 Å². The van der Waals surface area contributed by atoms with Gasteiger partial charge in [0.25, 0.3) is 17.5 Å². The van der Waals surface area contributed by atoms with Crippen molar-refractivity contribution in [2.75, 3.05) is 11.9 Å². The molecule has 2 N–H and O–H groups in total. The standard InChI is InChI=1S/C24H20ClN3O6/c25-19-12-11-18(28(32)33)13-21(19)26-22(29)15-34-23(30)14-20(16-7-3-1-4-8-16)27-24(31)17-9-5-2-6-10-17/h1-13,20H,14-15H2,(H,26,29)(H,27,31). The molecule has 3 rings (SSSR count). The maximum absolute atomic E-state index is 12.6. The average Bonchev–Trinajstić information content (AvgIpc) is 2.84. The van der Waals surface area contributed by atoms with E-state index in [4.69, 9.17) is 16.3 Å². The molecule has 0 heterocycles. The Morgan fingerprint density at radius 1 is 0.971 bits per heavy atom. The Bertz CT molecular complexity index is 1190. The van der Waals surface area contributed by atoms with E-state index in [1.165, 1.54) is 12.1 Å². The summed E-state index contributed by atoms with van der Waals surface area (Å²) in [5, 5.41) is 16.2. The fourth-order valence-corrected chi connectivity index (χ4v) is 3.21. The van der Waals surface area contributed by atoms with E-state index in [0.29, 0.717) is 11.1 Å². The van der Waals surface area contributed by atoms with Crippen LogP contribution in [0.5, 0.6) is 0 Å². The number of hydrogen-bond donors (Lipinski definition) is 2. The number of esters is 1. The largest absolute Gasteiger partial charge is 0.455 e. The molecular weight excluding hydrogens is 462 g/mol. The second-order valence-corrected chi connectivity index (χ2v) is 7.54. The molecule has 0 aliphatic carbocycles. The second-order valence-electron chi connectivity index (χ2n) is 7.14. The minimum atomic E-state index is -0.722. The maximum atomic E-state index is 12.6. The van der Waals surface area contributed by atoms with Crippen molar-refractivity contribution in [3.8, 4) is 0 Å². The molecule has 0 aliphatic rings. The highest BCUT2D eigenvalue weighted by Gasteiger charge is 2.21. The molecule has 10 heteroatoms. The van der Waals surface area contributed by atoms with Gasteiger partial charge in [-0.25, -0.2) is 0 Å². The Morgan fingerprint density at radius 2 is 1.62 bits per heavy atom. The van der Waals surface area contributed by atoms with E-state index < -0.39 is 29.4 Å². The van der Waals surface area contributed by atoms with Gasteiger partial charge in [0.1, 0.15) is 0 Å². The number of halogens is 1. The Labute approximate surface area is 199 Å². The topological polar surface area (TPSA) is 128 Å². The Balaban J connectivity index is 1.61. The quantitative estimate of drug-likeness (QED) is 0.266. The van der Waals surface area contributed by atoms with Crippen molar-refractivity contribution >= 4 is 40.8 Å². The number of ether oxygens (including phenoxy) is 1. The zero-order chi connectivity index (χ0) is 24.5. The van der Waals surface area contributed by atoms with Crippen molar-refractivity contribution in [2.24, 2.45) is 0 Å². The summed E-state index contributed by atoms with van der Waals surface area (Å²) in [6, 6.07) is 20.3. The van der Waals surface area contributed by atoms with Crippen LogP contribution in [0.4, 0.5) is 11.4 Å². The molecular formula is C24H20ClN3O6. The molecule has 0 aromatic heterocycles. The predicted octanol–water partition coefficient (Wildman–Crippen LogP) is 4.29. The number of carbonyl (C=O) groups excluding carboxylic acids is 3. The van der Waals surface area contributed by atoms with Gasteiger partial charge in [0.05, 0.1) is 28.1 Å². The number of nitrogens with one attached hydrogen (secondary N) is 2. The van der Waals surface area contributed by atoms with Crippen LogP contribution in [0.3, 0.4) is 0 Å². The van der Waals surface area contributed by atoms with Crippen molar-refractivity contribution < 1.29 is 24.0 Å². The maximum Gasteiger partial charge on any atom is 0.308 e. The summed E-state index contributed by atoms with van der Waals surface area (Å²) in [5.74, 6) is -1.80. The fourth-order valence-electron chi connectivity index (χ4n) is 3.05. The first kappa shape index (κ1) is 24.4. The van der Waals surface area contributed by atoms with E-state index in [-0.39, 0.29) is 28.7 Å². The second kappa shape index (κ2) is 11.6. The highest BCUT2D eigenvalue weighted by atomic mass is 35.5. The predicted molar refractivity (Wildman–Crippen MR) is 125 cm³/mol. The number of nitro groups is 1. The molecule has 0 bridgehead atoms. The van der Waals surface area contributed by atoms with Crippen molar-refractivity contribution in [1.82, 2.24) is 5.32 Å². The molecule has 34 heavy (non-hydrogen) atoms. The minimum absolute atomic E-state index is 0.0224. The molecule has 0 spiro atoms. The lowest BCUT2D eigenvalue weighted by molar-refractivity contribution is -0.384. The summed E-state index contributed by atoms with van der Waals surface area (Å²) in [6.45, 7) is -0.633. The molecule has 9 nitrogen and oxygen atoms in total. The van der Waals surface area contributed by atoms with Crippen LogP contribution in [0.1, 0.15) is 28.4 Å². The number of nitro benzene ring substituents is 1. The number of nitrogens with zero attached hydrogens (tertiary/aromatic N) is 1. The van der Waals surface area contributed by atoms with Gasteiger partial charge < -0.3 is 15.4 Å². The van der Waals surface area contributed by atoms with E-state index in [0.717, 1.165) is 6.07 Å². The SMILES string of the molecule is O=C(COC(=O)CC(NC(=O)c1ccccc1)c1ccccc1)Nc1cc([N+](=O)[O-])ccc1Cl. The zero-order valence-electron chi connectivity index (χ0n) is 17.8. The van der Waals surface area contributed by atoms with Crippen LogP contribution in [0.25, 0.3) is 0 Å². The third-order valence-corrected chi connectivity index (χ3v) is 5.04. The van der Waals surface area contributed by atoms with Crippen molar-refractivity contribution in [2.45, 2.75) is 12.5 Å². The van der Waals surface area contributed by atoms with Gasteiger partial charge in [-0.05, 0) is 23.8 Å². The number of non-ortho nitro benzene ring substituents is 1. The molecule has 1 unspecified atom stereocenters. The highest BCUT2D eigenvalue weighted by Crippen LogP contribution is 2.26. The highest BCUT2D eigenvalue weighted by molar-refractivity contribution is 6.33. The number of anilines is 1. The smallest absolute Gasteiger partial charge is 0.308 e. The first-order chi connectivity index (χ1) is 16.3. The first-order valence-corrected chi connectivity index (χ1v) is 10.5. The van der Waals surface area contributed by atoms with E-state index in [1.54, 1.807) is 60.7 Å². The van der Waals surface area contributed by atoms with Crippen molar-refractivity contribution in [3.05, 3.63) is 105 Å². The van der Waals surface area contributed by atoms with Crippen LogP contribution in [-0.4, -0.2) is 29.3 Å². The normalized spacial score (nSPS) is 11.2. The molecule has 0 saturated carbocycles. The molecule has 3 aromatic carbocycles. The van der Waals surface area contributed by atoms with E-state index in [1.807, 2.05) is 0 Å². The van der Waals surface area contributed by atoms with Gasteiger partial charge in [-0.3, -0.25) is 24.5 Å². The van der Waals surface area contributed by atoms with Crippen LogP contribution >= 0.6 is 11.6 Å². The molecule has 3 aromatic rings. The number of rotatable bonds is 9. The number of benzene rings is 3. The Morgan fingerprint density at radius 3 is 2.26 bits per heavy atom. The van der Waals surface area contributed by atoms with Gasteiger partial charge in [0.2, 0.25) is 0 Å². The van der Waals surface area contributed by atoms with Gasteiger partial charge >= 0.3 is 5.97 Å². The first-order valence-electron chi connectivity index (χ1n) is 10.1. The lowest BCUT2D eigenvalue weighted by Crippen LogP contribution is -2.31. The monoisotopic (exact) mass is 481 g/mol. The van der Waals surface area contributed by atoms with E-state index in [2.05, 4.69) is 10.6 Å². The van der Waals surface area contributed by atoms with E-state index >= 15 is 0 Å². The third kappa shape index (κ3) is 6.88. The van der Waals surface area contributed by atoms with Gasteiger partial charge in [0, 0.05) is 17.7 Å². The number of hydrogen-bond acceptors (Lipinski definition) is 6.